The standard InChI is InChI=1S/C15H14ClF2N3OS/c1-20-10(5-12(19)22)11-4-7(6-21(11)15(20)23)13-9(17)3-2-8(16)14(13)18/h2-3,7H,4-6H2,1H3,(H2,19,22). The van der Waals surface area contributed by atoms with Gasteiger partial charge in [0.15, 0.2) is 4.77 Å². The summed E-state index contributed by atoms with van der Waals surface area (Å²) < 4.78 is 32.4. The molecule has 0 spiro atoms. The van der Waals surface area contributed by atoms with Crippen LogP contribution in [0.5, 0.6) is 0 Å². The topological polar surface area (TPSA) is 52.9 Å². The van der Waals surface area contributed by atoms with Gasteiger partial charge in [-0.15, -0.1) is 0 Å². The van der Waals surface area contributed by atoms with Crippen LogP contribution in [0.15, 0.2) is 12.1 Å². The van der Waals surface area contributed by atoms with Crippen LogP contribution in [0, 0.1) is 16.4 Å². The van der Waals surface area contributed by atoms with Gasteiger partial charge in [-0.1, -0.05) is 11.6 Å². The lowest BCUT2D eigenvalue weighted by Gasteiger charge is -2.13. The third-order valence-electron chi connectivity index (χ3n) is 4.25. The average Bonchev–Trinajstić information content (AvgIpc) is 2.99. The fourth-order valence-corrected chi connectivity index (χ4v) is 3.65. The van der Waals surface area contributed by atoms with E-state index in [0.29, 0.717) is 23.4 Å². The number of rotatable bonds is 3. The number of hydrogen-bond donors (Lipinski definition) is 1. The molecular weight excluding hydrogens is 344 g/mol. The molecule has 0 saturated carbocycles. The molecule has 0 fully saturated rings. The second-order valence-electron chi connectivity index (χ2n) is 5.65. The van der Waals surface area contributed by atoms with Crippen LogP contribution >= 0.6 is 23.8 Å². The number of nitrogens with zero attached hydrogens (tertiary/aromatic N) is 2. The molecule has 1 aromatic heterocycles. The Morgan fingerprint density at radius 2 is 2.17 bits per heavy atom. The number of fused-ring (bicyclic) bond motifs is 1. The van der Waals surface area contributed by atoms with Crippen molar-refractivity contribution in [2.75, 3.05) is 0 Å². The Bertz CT molecular complexity index is 875. The number of hydrogen-bond acceptors (Lipinski definition) is 2. The van der Waals surface area contributed by atoms with E-state index in [1.165, 1.54) is 6.07 Å². The van der Waals surface area contributed by atoms with Gasteiger partial charge in [-0.2, -0.15) is 0 Å². The number of amides is 1. The first-order valence-corrected chi connectivity index (χ1v) is 7.78. The fraction of sp³-hybridized carbons (Fsp3) is 0.333. The predicted octanol–water partition coefficient (Wildman–Crippen LogP) is 2.86. The first-order valence-electron chi connectivity index (χ1n) is 7.00. The van der Waals surface area contributed by atoms with E-state index in [-0.39, 0.29) is 17.0 Å². The van der Waals surface area contributed by atoms with Gasteiger partial charge in [0.2, 0.25) is 5.91 Å². The zero-order chi connectivity index (χ0) is 16.9. The van der Waals surface area contributed by atoms with Crippen LogP contribution < -0.4 is 5.73 Å². The highest BCUT2D eigenvalue weighted by molar-refractivity contribution is 7.71. The molecule has 1 amide bonds. The van der Waals surface area contributed by atoms with Gasteiger partial charge in [-0.05, 0) is 30.8 Å². The lowest BCUT2D eigenvalue weighted by Crippen LogP contribution is -2.17. The first kappa shape index (κ1) is 16.1. The number of imidazole rings is 1. The van der Waals surface area contributed by atoms with Crippen molar-refractivity contribution in [1.29, 1.82) is 0 Å². The summed E-state index contributed by atoms with van der Waals surface area (Å²) in [5.74, 6) is -2.27. The lowest BCUT2D eigenvalue weighted by molar-refractivity contribution is -0.117. The molecule has 0 bridgehead atoms. The smallest absolute Gasteiger partial charge is 0.223 e. The maximum atomic E-state index is 14.2. The number of halogens is 3. The maximum absolute atomic E-state index is 14.2. The highest BCUT2D eigenvalue weighted by Crippen LogP contribution is 2.36. The van der Waals surface area contributed by atoms with E-state index in [2.05, 4.69) is 0 Å². The van der Waals surface area contributed by atoms with Gasteiger partial charge in [0.25, 0.3) is 0 Å². The van der Waals surface area contributed by atoms with Gasteiger partial charge in [0.05, 0.1) is 11.4 Å². The Morgan fingerprint density at radius 3 is 2.83 bits per heavy atom. The molecule has 3 rings (SSSR count). The molecule has 122 valence electrons. The molecule has 0 saturated heterocycles. The third kappa shape index (κ3) is 2.57. The molecule has 2 N–H and O–H groups in total. The normalized spacial score (nSPS) is 16.6. The fourth-order valence-electron chi connectivity index (χ4n) is 3.19. The molecule has 8 heteroatoms. The first-order chi connectivity index (χ1) is 10.8. The Kier molecular flexibility index (Phi) is 4.01. The molecule has 23 heavy (non-hydrogen) atoms. The molecule has 1 aliphatic rings. The van der Waals surface area contributed by atoms with E-state index in [9.17, 15) is 13.6 Å². The Labute approximate surface area is 141 Å². The van der Waals surface area contributed by atoms with Crippen molar-refractivity contribution in [1.82, 2.24) is 9.13 Å². The van der Waals surface area contributed by atoms with Gasteiger partial charge in [-0.3, -0.25) is 4.79 Å². The Balaban J connectivity index is 2.05. The molecule has 1 unspecified atom stereocenters. The molecule has 2 aromatic rings. The summed E-state index contributed by atoms with van der Waals surface area (Å²) in [6.07, 6.45) is 0.414. The van der Waals surface area contributed by atoms with E-state index in [1.807, 2.05) is 0 Å². The lowest BCUT2D eigenvalue weighted by atomic mass is 9.95. The summed E-state index contributed by atoms with van der Waals surface area (Å²) in [6.45, 7) is 0.342. The van der Waals surface area contributed by atoms with Crippen LogP contribution in [0.1, 0.15) is 22.9 Å². The molecule has 0 radical (unpaired) electrons. The van der Waals surface area contributed by atoms with E-state index >= 15 is 0 Å². The van der Waals surface area contributed by atoms with E-state index in [1.54, 1.807) is 16.2 Å². The van der Waals surface area contributed by atoms with Crippen molar-refractivity contribution in [3.8, 4) is 0 Å². The van der Waals surface area contributed by atoms with Crippen molar-refractivity contribution in [2.24, 2.45) is 12.8 Å². The van der Waals surface area contributed by atoms with Gasteiger partial charge >= 0.3 is 0 Å². The number of primary amides is 1. The monoisotopic (exact) mass is 357 g/mol. The van der Waals surface area contributed by atoms with Crippen molar-refractivity contribution in [3.63, 3.8) is 0 Å². The van der Waals surface area contributed by atoms with Crippen molar-refractivity contribution in [3.05, 3.63) is 50.5 Å². The second-order valence-corrected chi connectivity index (χ2v) is 6.42. The Morgan fingerprint density at radius 1 is 1.48 bits per heavy atom. The van der Waals surface area contributed by atoms with Gasteiger partial charge in [0.1, 0.15) is 11.6 Å². The van der Waals surface area contributed by atoms with E-state index < -0.39 is 23.5 Å². The number of carbonyl (C=O) groups excluding carboxylic acids is 1. The number of carbonyl (C=O) groups is 1. The quantitative estimate of drug-likeness (QED) is 0.678. The highest BCUT2D eigenvalue weighted by Gasteiger charge is 2.32. The van der Waals surface area contributed by atoms with E-state index in [4.69, 9.17) is 29.6 Å². The summed E-state index contributed by atoms with van der Waals surface area (Å²) >= 11 is 11.1. The summed E-state index contributed by atoms with van der Waals surface area (Å²) in [6, 6.07) is 2.36. The zero-order valence-corrected chi connectivity index (χ0v) is 13.8. The minimum absolute atomic E-state index is 0.0374. The van der Waals surface area contributed by atoms with Crippen LogP contribution in [-0.4, -0.2) is 15.0 Å². The average molecular weight is 358 g/mol. The summed E-state index contributed by atoms with van der Waals surface area (Å²) in [5.41, 5.74) is 6.72. The van der Waals surface area contributed by atoms with Gasteiger partial charge < -0.3 is 14.9 Å². The number of aromatic nitrogens is 2. The van der Waals surface area contributed by atoms with Crippen LogP contribution in [0.2, 0.25) is 5.02 Å². The van der Waals surface area contributed by atoms with Gasteiger partial charge in [-0.25, -0.2) is 8.78 Å². The maximum Gasteiger partial charge on any atom is 0.223 e. The highest BCUT2D eigenvalue weighted by atomic mass is 35.5. The molecule has 1 aromatic carbocycles. The minimum Gasteiger partial charge on any atom is -0.369 e. The molecule has 1 aliphatic heterocycles. The summed E-state index contributed by atoms with van der Waals surface area (Å²) in [4.78, 5) is 11.3. The predicted molar refractivity (Wildman–Crippen MR) is 84.9 cm³/mol. The third-order valence-corrected chi connectivity index (χ3v) is 5.04. The molecule has 0 aliphatic carbocycles. The van der Waals surface area contributed by atoms with Crippen molar-refractivity contribution >= 4 is 29.7 Å². The molecule has 1 atom stereocenters. The van der Waals surface area contributed by atoms with Crippen molar-refractivity contribution in [2.45, 2.75) is 25.3 Å². The minimum atomic E-state index is -0.742. The molecule has 2 heterocycles. The van der Waals surface area contributed by atoms with Crippen LogP contribution in [-0.2, 0) is 31.2 Å². The SMILES string of the molecule is Cn1c(CC(N)=O)c2n(c1=S)CC(c1c(F)ccc(Cl)c1F)C2. The zero-order valence-electron chi connectivity index (χ0n) is 12.3. The van der Waals surface area contributed by atoms with E-state index in [0.717, 1.165) is 11.8 Å². The molecule has 4 nitrogen and oxygen atoms in total. The summed E-state index contributed by atoms with van der Waals surface area (Å²) in [5, 5.41) is -0.112. The van der Waals surface area contributed by atoms with Crippen LogP contribution in [0.3, 0.4) is 0 Å². The Hall–Kier alpha value is -1.73. The number of nitrogens with two attached hydrogens (primary N) is 1. The summed E-state index contributed by atoms with van der Waals surface area (Å²) in [7, 11) is 1.75. The number of benzene rings is 1. The second kappa shape index (κ2) is 5.72. The van der Waals surface area contributed by atoms with Crippen LogP contribution in [0.4, 0.5) is 8.78 Å². The largest absolute Gasteiger partial charge is 0.369 e. The van der Waals surface area contributed by atoms with Crippen LogP contribution in [0.25, 0.3) is 0 Å². The molecular formula is C15H14ClF2N3OS. The van der Waals surface area contributed by atoms with Gasteiger partial charge in [0, 0.05) is 36.5 Å². The van der Waals surface area contributed by atoms with Crippen molar-refractivity contribution < 1.29 is 13.6 Å².